The molecule has 2 aromatic carbocycles. The quantitative estimate of drug-likeness (QED) is 0.860. The molecule has 3 rings (SSSR count). The second-order valence-electron chi connectivity index (χ2n) is 5.84. The number of benzene rings is 2. The van der Waals surface area contributed by atoms with Gasteiger partial charge in [0, 0.05) is 12.5 Å². The third-order valence-corrected chi connectivity index (χ3v) is 4.29. The van der Waals surface area contributed by atoms with Crippen LogP contribution in [0.3, 0.4) is 0 Å². The number of aliphatic hydroxyl groups is 1. The van der Waals surface area contributed by atoms with E-state index in [1.807, 2.05) is 48.5 Å². The molecule has 22 heavy (non-hydrogen) atoms. The zero-order chi connectivity index (χ0) is 15.4. The fraction of sp³-hybridized carbons (Fsp3) is 0.316. The number of nitrogens with one attached hydrogen (secondary N) is 1. The highest BCUT2D eigenvalue weighted by Gasteiger charge is 2.44. The maximum atomic E-state index is 12.5. The fourth-order valence-corrected chi connectivity index (χ4v) is 2.97. The second-order valence-corrected chi connectivity index (χ2v) is 5.84. The Balaban J connectivity index is 1.63. The average Bonchev–Trinajstić information content (AvgIpc) is 3.37. The SMILES string of the molecule is O=C(N[C@@H](CCO)c1ccccc1)[C@H]1C[C@@H]1c1ccccc1. The van der Waals surface area contributed by atoms with Gasteiger partial charge in [-0.05, 0) is 29.9 Å². The van der Waals surface area contributed by atoms with Crippen molar-refractivity contribution in [1.82, 2.24) is 5.32 Å². The molecule has 3 heteroatoms. The van der Waals surface area contributed by atoms with Gasteiger partial charge in [-0.15, -0.1) is 0 Å². The molecular weight excluding hydrogens is 274 g/mol. The van der Waals surface area contributed by atoms with Gasteiger partial charge >= 0.3 is 0 Å². The standard InChI is InChI=1S/C19H21NO2/c21-12-11-18(15-9-5-2-6-10-15)20-19(22)17-13-16(17)14-7-3-1-4-8-14/h1-10,16-18,21H,11-13H2,(H,20,22)/t16-,17+,18+/m1/s1. The van der Waals surface area contributed by atoms with E-state index in [0.29, 0.717) is 12.3 Å². The van der Waals surface area contributed by atoms with Crippen LogP contribution in [0.1, 0.15) is 35.9 Å². The molecule has 0 bridgehead atoms. The zero-order valence-corrected chi connectivity index (χ0v) is 12.5. The molecule has 1 aliphatic rings. The monoisotopic (exact) mass is 295 g/mol. The van der Waals surface area contributed by atoms with Crippen molar-refractivity contribution >= 4 is 5.91 Å². The first-order valence-corrected chi connectivity index (χ1v) is 7.80. The van der Waals surface area contributed by atoms with Gasteiger partial charge in [-0.1, -0.05) is 60.7 Å². The Morgan fingerprint density at radius 3 is 2.36 bits per heavy atom. The maximum absolute atomic E-state index is 12.5. The van der Waals surface area contributed by atoms with Crippen molar-refractivity contribution in [3.05, 3.63) is 71.8 Å². The van der Waals surface area contributed by atoms with E-state index in [1.165, 1.54) is 5.56 Å². The van der Waals surface area contributed by atoms with Crippen molar-refractivity contribution in [3.8, 4) is 0 Å². The van der Waals surface area contributed by atoms with Crippen molar-refractivity contribution in [2.75, 3.05) is 6.61 Å². The Hall–Kier alpha value is -2.13. The van der Waals surface area contributed by atoms with Crippen LogP contribution in [-0.4, -0.2) is 17.6 Å². The highest BCUT2D eigenvalue weighted by Crippen LogP contribution is 2.47. The lowest BCUT2D eigenvalue weighted by atomic mass is 10.0. The molecule has 1 fully saturated rings. The van der Waals surface area contributed by atoms with Gasteiger partial charge < -0.3 is 10.4 Å². The summed E-state index contributed by atoms with van der Waals surface area (Å²) in [4.78, 5) is 12.5. The lowest BCUT2D eigenvalue weighted by Gasteiger charge is -2.18. The predicted molar refractivity (Wildman–Crippen MR) is 86.3 cm³/mol. The zero-order valence-electron chi connectivity index (χ0n) is 12.5. The van der Waals surface area contributed by atoms with Crippen molar-refractivity contribution < 1.29 is 9.90 Å². The van der Waals surface area contributed by atoms with Crippen LogP contribution >= 0.6 is 0 Å². The number of carbonyl (C=O) groups excluding carboxylic acids is 1. The average molecular weight is 295 g/mol. The Kier molecular flexibility index (Phi) is 4.54. The van der Waals surface area contributed by atoms with E-state index in [0.717, 1.165) is 12.0 Å². The molecule has 0 heterocycles. The summed E-state index contributed by atoms with van der Waals surface area (Å²) in [6.45, 7) is 0.0621. The third-order valence-electron chi connectivity index (χ3n) is 4.29. The molecule has 0 aromatic heterocycles. The summed E-state index contributed by atoms with van der Waals surface area (Å²) >= 11 is 0. The van der Waals surface area contributed by atoms with Crippen LogP contribution in [-0.2, 0) is 4.79 Å². The summed E-state index contributed by atoms with van der Waals surface area (Å²) in [5.41, 5.74) is 2.28. The Bertz CT molecular complexity index is 612. The Morgan fingerprint density at radius 1 is 1.09 bits per heavy atom. The van der Waals surface area contributed by atoms with Crippen LogP contribution < -0.4 is 5.32 Å². The van der Waals surface area contributed by atoms with Gasteiger partial charge in [0.05, 0.1) is 6.04 Å². The van der Waals surface area contributed by atoms with Crippen LogP contribution in [0.4, 0.5) is 0 Å². The molecule has 114 valence electrons. The molecule has 3 atom stereocenters. The lowest BCUT2D eigenvalue weighted by Crippen LogP contribution is -2.30. The molecule has 1 amide bonds. The largest absolute Gasteiger partial charge is 0.396 e. The van der Waals surface area contributed by atoms with E-state index in [4.69, 9.17) is 0 Å². The van der Waals surface area contributed by atoms with Gasteiger partial charge in [-0.25, -0.2) is 0 Å². The van der Waals surface area contributed by atoms with Gasteiger partial charge in [0.15, 0.2) is 0 Å². The summed E-state index contributed by atoms with van der Waals surface area (Å²) in [5, 5.41) is 12.3. The van der Waals surface area contributed by atoms with Crippen LogP contribution in [0.25, 0.3) is 0 Å². The topological polar surface area (TPSA) is 49.3 Å². The normalized spacial score (nSPS) is 21.1. The van der Waals surface area contributed by atoms with Gasteiger partial charge in [-0.2, -0.15) is 0 Å². The van der Waals surface area contributed by atoms with E-state index in [9.17, 15) is 9.90 Å². The molecule has 0 unspecified atom stereocenters. The van der Waals surface area contributed by atoms with Crippen LogP contribution in [0.5, 0.6) is 0 Å². The fourth-order valence-electron chi connectivity index (χ4n) is 2.97. The predicted octanol–water partition coefficient (Wildman–Crippen LogP) is 3.03. The Morgan fingerprint density at radius 2 is 1.73 bits per heavy atom. The smallest absolute Gasteiger partial charge is 0.224 e. The summed E-state index contributed by atoms with van der Waals surface area (Å²) in [5.74, 6) is 0.496. The van der Waals surface area contributed by atoms with Crippen LogP contribution in [0, 0.1) is 5.92 Å². The minimum Gasteiger partial charge on any atom is -0.396 e. The minimum atomic E-state index is -0.115. The van der Waals surface area contributed by atoms with E-state index in [1.54, 1.807) is 0 Å². The second kappa shape index (κ2) is 6.75. The summed E-state index contributed by atoms with van der Waals surface area (Å²) in [6, 6.07) is 19.9. The van der Waals surface area contributed by atoms with E-state index < -0.39 is 0 Å². The molecule has 3 nitrogen and oxygen atoms in total. The molecule has 2 aromatic rings. The highest BCUT2D eigenvalue weighted by atomic mass is 16.3. The van der Waals surface area contributed by atoms with Crippen molar-refractivity contribution in [3.63, 3.8) is 0 Å². The summed E-state index contributed by atoms with van der Waals surface area (Å²) in [6.07, 6.45) is 1.45. The van der Waals surface area contributed by atoms with Crippen LogP contribution in [0.15, 0.2) is 60.7 Å². The molecule has 0 spiro atoms. The van der Waals surface area contributed by atoms with E-state index in [-0.39, 0.29) is 24.5 Å². The third kappa shape index (κ3) is 3.37. The van der Waals surface area contributed by atoms with Gasteiger partial charge in [0.25, 0.3) is 0 Å². The molecule has 1 saturated carbocycles. The van der Waals surface area contributed by atoms with Crippen molar-refractivity contribution in [1.29, 1.82) is 0 Å². The van der Waals surface area contributed by atoms with Gasteiger partial charge in [0.2, 0.25) is 5.91 Å². The van der Waals surface area contributed by atoms with Crippen molar-refractivity contribution in [2.24, 2.45) is 5.92 Å². The number of aliphatic hydroxyl groups excluding tert-OH is 1. The number of amides is 1. The van der Waals surface area contributed by atoms with E-state index >= 15 is 0 Å². The molecule has 2 N–H and O–H groups in total. The molecular formula is C19H21NO2. The maximum Gasteiger partial charge on any atom is 0.224 e. The number of hydrogen-bond donors (Lipinski definition) is 2. The highest BCUT2D eigenvalue weighted by molar-refractivity contribution is 5.83. The molecule has 1 aliphatic carbocycles. The number of carbonyl (C=O) groups is 1. The van der Waals surface area contributed by atoms with Gasteiger partial charge in [0.1, 0.15) is 0 Å². The van der Waals surface area contributed by atoms with E-state index in [2.05, 4.69) is 17.4 Å². The van der Waals surface area contributed by atoms with Crippen molar-refractivity contribution in [2.45, 2.75) is 24.8 Å². The number of rotatable bonds is 6. The molecule has 0 aliphatic heterocycles. The molecule has 0 radical (unpaired) electrons. The van der Waals surface area contributed by atoms with Crippen LogP contribution in [0.2, 0.25) is 0 Å². The summed E-state index contributed by atoms with van der Waals surface area (Å²) in [7, 11) is 0. The Labute approximate surface area is 131 Å². The number of hydrogen-bond acceptors (Lipinski definition) is 2. The minimum absolute atomic E-state index is 0.0621. The molecule has 0 saturated heterocycles. The van der Waals surface area contributed by atoms with Gasteiger partial charge in [-0.3, -0.25) is 4.79 Å². The lowest BCUT2D eigenvalue weighted by molar-refractivity contribution is -0.123. The first kappa shape index (κ1) is 14.8. The first-order valence-electron chi connectivity index (χ1n) is 7.80. The summed E-state index contributed by atoms with van der Waals surface area (Å²) < 4.78 is 0. The first-order chi connectivity index (χ1) is 10.8.